The van der Waals surface area contributed by atoms with Crippen LogP contribution in [0.3, 0.4) is 0 Å². The predicted molar refractivity (Wildman–Crippen MR) is 103 cm³/mol. The van der Waals surface area contributed by atoms with Crippen LogP contribution in [0, 0.1) is 0 Å². The van der Waals surface area contributed by atoms with E-state index in [9.17, 15) is 0 Å². The molecule has 3 rings (SSSR count). The first-order valence-corrected chi connectivity index (χ1v) is 15.1. The van der Waals surface area contributed by atoms with Gasteiger partial charge in [0.2, 0.25) is 0 Å². The number of rotatable bonds is 2. The van der Waals surface area contributed by atoms with E-state index in [1.807, 2.05) is 0 Å². The second kappa shape index (κ2) is 5.17. The zero-order valence-corrected chi connectivity index (χ0v) is 18.7. The molecule has 5 heteroatoms. The third-order valence-corrected chi connectivity index (χ3v) is 15.0. The molecule has 115 valence electrons. The molecule has 0 unspecified atom stereocenters. The van der Waals surface area contributed by atoms with Crippen LogP contribution in [0.5, 0.6) is 0 Å². The van der Waals surface area contributed by atoms with E-state index in [2.05, 4.69) is 80.2 Å². The van der Waals surface area contributed by atoms with Crippen molar-refractivity contribution in [3.63, 3.8) is 0 Å². The van der Waals surface area contributed by atoms with Crippen molar-refractivity contribution in [3.8, 4) is 0 Å². The van der Waals surface area contributed by atoms with Crippen molar-refractivity contribution in [1.82, 2.24) is 6.24 Å². The van der Waals surface area contributed by atoms with Gasteiger partial charge in [-0.1, -0.05) is 0 Å². The molecule has 0 aromatic heterocycles. The first-order chi connectivity index (χ1) is 9.74. The zero-order chi connectivity index (χ0) is 15.4. The summed E-state index contributed by atoms with van der Waals surface area (Å²) in [7, 11) is -1.48. The molecular weight excluding hydrogens is 403 g/mol. The number of allylic oxidation sites excluding steroid dienone is 6. The molecule has 0 N–H and O–H groups in total. The van der Waals surface area contributed by atoms with E-state index >= 15 is 0 Å². The van der Waals surface area contributed by atoms with Gasteiger partial charge in [-0.15, -0.1) is 0 Å². The van der Waals surface area contributed by atoms with Gasteiger partial charge in [-0.25, -0.2) is 0 Å². The molecule has 0 atom stereocenters. The fourth-order valence-electron chi connectivity index (χ4n) is 2.88. The van der Waals surface area contributed by atoms with Gasteiger partial charge in [0.25, 0.3) is 0 Å². The van der Waals surface area contributed by atoms with Crippen molar-refractivity contribution in [2.45, 2.75) is 13.8 Å². The predicted octanol–water partition coefficient (Wildman–Crippen LogP) is 3.99. The fourth-order valence-corrected chi connectivity index (χ4v) is 15.4. The zero-order valence-electron chi connectivity index (χ0n) is 13.8. The summed E-state index contributed by atoms with van der Waals surface area (Å²) in [5.41, 5.74) is 2.96. The average Bonchev–Trinajstić information content (AvgIpc) is 2.99. The average molecular weight is 428 g/mol. The van der Waals surface area contributed by atoms with Crippen LogP contribution in [-0.4, -0.2) is 53.0 Å². The first kappa shape index (κ1) is 15.7. The molecule has 3 aliphatic rings. The van der Waals surface area contributed by atoms with Gasteiger partial charge < -0.3 is 0 Å². The van der Waals surface area contributed by atoms with Crippen molar-refractivity contribution in [3.05, 3.63) is 56.6 Å². The number of hydrogen-bond donors (Lipinski definition) is 0. The Kier molecular flexibility index (Phi) is 3.86. The van der Waals surface area contributed by atoms with Crippen LogP contribution in [-0.2, 0) is 0 Å². The van der Waals surface area contributed by atoms with Crippen molar-refractivity contribution >= 4 is 41.7 Å². The first-order valence-electron chi connectivity index (χ1n) is 7.08. The molecule has 0 spiro atoms. The Balaban J connectivity index is 1.91. The monoisotopic (exact) mass is 429 g/mol. The molecule has 1 radical (unpaired) electrons. The van der Waals surface area contributed by atoms with E-state index in [1.165, 1.54) is 11.4 Å². The van der Waals surface area contributed by atoms with Gasteiger partial charge in [-0.05, 0) is 0 Å². The summed E-state index contributed by atoms with van der Waals surface area (Å²) >= 11 is -1.04. The molecule has 0 saturated carbocycles. The molecule has 0 bridgehead atoms. The van der Waals surface area contributed by atoms with E-state index in [4.69, 9.17) is 0 Å². The van der Waals surface area contributed by atoms with Crippen LogP contribution >= 0.6 is 20.1 Å². The molecule has 21 heavy (non-hydrogen) atoms. The molecule has 0 fully saturated rings. The standard InChI is InChI=1S/C16H24N2S2.Sn.H/c1-13(17-15-9-7-11-19(15,3)4)14(2)18-16-10-8-12-20(16,5)6;;/h7-12H,1-6H3;;/q-2;+2;. The van der Waals surface area contributed by atoms with Gasteiger partial charge in [0.1, 0.15) is 0 Å². The Hall–Kier alpha value is -0.201. The van der Waals surface area contributed by atoms with E-state index in [0.717, 1.165) is 0 Å². The summed E-state index contributed by atoms with van der Waals surface area (Å²) in [6.45, 7) is 4.61. The second-order valence-corrected chi connectivity index (χ2v) is 17.1. The van der Waals surface area contributed by atoms with E-state index in [0.29, 0.717) is 0 Å². The van der Waals surface area contributed by atoms with Crippen LogP contribution in [0.25, 0.3) is 0 Å². The minimum atomic E-state index is -1.04. The molecule has 3 aliphatic heterocycles. The molecule has 2 nitrogen and oxygen atoms in total. The van der Waals surface area contributed by atoms with Crippen LogP contribution in [0.15, 0.2) is 56.6 Å². The van der Waals surface area contributed by atoms with Gasteiger partial charge >= 0.3 is 143 Å². The van der Waals surface area contributed by atoms with Gasteiger partial charge in [0, 0.05) is 0 Å². The summed E-state index contributed by atoms with van der Waals surface area (Å²) < 4.78 is 5.41. The van der Waals surface area contributed by atoms with Crippen molar-refractivity contribution in [2.75, 3.05) is 25.0 Å². The summed E-state index contributed by atoms with van der Waals surface area (Å²) in [6, 6.07) is 0. The molecule has 0 aromatic rings. The van der Waals surface area contributed by atoms with Gasteiger partial charge in [-0.3, -0.25) is 0 Å². The summed E-state index contributed by atoms with van der Waals surface area (Å²) in [5, 5.41) is 7.95. The fraction of sp³-hybridized carbons (Fsp3) is 0.375. The van der Waals surface area contributed by atoms with Crippen molar-refractivity contribution in [2.24, 2.45) is 0 Å². The van der Waals surface area contributed by atoms with Crippen molar-refractivity contribution in [1.29, 1.82) is 0 Å². The topological polar surface area (TPSA) is 6.48 Å². The summed E-state index contributed by atoms with van der Waals surface area (Å²) in [6.07, 6.45) is 18.8. The normalized spacial score (nSPS) is 29.0. The Labute approximate surface area is 142 Å². The second-order valence-electron chi connectivity index (χ2n) is 6.50. The third-order valence-electron chi connectivity index (χ3n) is 4.35. The van der Waals surface area contributed by atoms with Crippen LogP contribution < -0.4 is 0 Å². The van der Waals surface area contributed by atoms with Gasteiger partial charge in [-0.2, -0.15) is 0 Å². The number of hydrogen-bond acceptors (Lipinski definition) is 2. The summed E-state index contributed by atoms with van der Waals surface area (Å²) in [5.74, 6) is 0. The Morgan fingerprint density at radius 2 is 1.14 bits per heavy atom. The molecule has 0 saturated heterocycles. The maximum absolute atomic E-state index is 2.70. The summed E-state index contributed by atoms with van der Waals surface area (Å²) in [4.78, 5) is 0. The molecule has 3 heterocycles. The van der Waals surface area contributed by atoms with Crippen LogP contribution in [0.2, 0.25) is 0 Å². The van der Waals surface area contributed by atoms with E-state index in [-0.39, 0.29) is 0 Å². The van der Waals surface area contributed by atoms with E-state index < -0.39 is 41.7 Å². The van der Waals surface area contributed by atoms with Gasteiger partial charge in [0.15, 0.2) is 0 Å². The molecular formula is C16H25N2S2Sn. The quantitative estimate of drug-likeness (QED) is 0.614. The van der Waals surface area contributed by atoms with E-state index in [1.54, 1.807) is 10.1 Å². The van der Waals surface area contributed by atoms with Crippen LogP contribution in [0.4, 0.5) is 0 Å². The molecule has 0 amide bonds. The SMILES string of the molecule is CC1=C(C)[N](C2=CC=CS2(C)C)[SnH][N]1C1=CC=CS1(C)C. The minimum absolute atomic E-state index is 0.738. The Morgan fingerprint density at radius 3 is 1.43 bits per heavy atom. The molecule has 0 aliphatic carbocycles. The third kappa shape index (κ3) is 2.53. The Morgan fingerprint density at radius 1 is 0.762 bits per heavy atom. The van der Waals surface area contributed by atoms with Crippen LogP contribution in [0.1, 0.15) is 13.8 Å². The Bertz CT molecular complexity index is 585. The van der Waals surface area contributed by atoms with Crippen molar-refractivity contribution < 1.29 is 0 Å². The number of nitrogens with zero attached hydrogens (tertiary/aromatic N) is 2. The maximum atomic E-state index is 2.70. The van der Waals surface area contributed by atoms with Gasteiger partial charge in [0.05, 0.1) is 0 Å². The molecule has 0 aromatic carbocycles.